The van der Waals surface area contributed by atoms with Crippen LogP contribution in [0.15, 0.2) is 30.6 Å². The molecular weight excluding hydrogens is 647 g/mol. The number of urea groups is 1. The maximum atomic E-state index is 13.7. The molecule has 1 saturated heterocycles. The topological polar surface area (TPSA) is 181 Å². The number of nitrogens with one attached hydrogen (secondary N) is 2. The van der Waals surface area contributed by atoms with Crippen LogP contribution in [0.4, 0.5) is 23.7 Å². The normalized spacial score (nSPS) is 19.3. The number of alkyl halides is 3. The summed E-state index contributed by atoms with van der Waals surface area (Å²) in [4.78, 5) is 54.4. The molecular formula is C29H33ClF3N9O5. The number of carbonyl (C=O) groups excluding carboxylic acids is 3. The fourth-order valence-corrected chi connectivity index (χ4v) is 5.73. The first-order valence-electron chi connectivity index (χ1n) is 14.8. The Labute approximate surface area is 271 Å². The highest BCUT2D eigenvalue weighted by Crippen LogP contribution is 2.41. The number of hydrogen-bond donors (Lipinski definition) is 4. The van der Waals surface area contributed by atoms with Crippen LogP contribution in [-0.4, -0.2) is 96.8 Å². The van der Waals surface area contributed by atoms with Crippen LogP contribution < -0.4 is 16.4 Å². The van der Waals surface area contributed by atoms with Gasteiger partial charge in [-0.3, -0.25) is 19.1 Å². The minimum absolute atomic E-state index is 0.0616. The monoisotopic (exact) mass is 679 g/mol. The zero-order valence-electron chi connectivity index (χ0n) is 25.2. The number of halogens is 4. The standard InChI is InChI=1S/C28H31ClF3N9O3.CH2O2/c1-38-22(20-14-41(18-3-4-18)37-23(20)28(30,31)32)13-34-24(38)25(42)35-16-2-5-19(21(29)12-16)26(43)39-6-8-40(9-7-39)27(44)36-17-10-15(33)11-17;2-1-3/h2,5,12-15,17-18H,3-4,6-11,33H2,1H3,(H,35,42)(H,36,44);1H,(H,2,3)/t15-,17+;. The minimum atomic E-state index is -4.68. The number of carboxylic acid groups (broad SMARTS) is 1. The van der Waals surface area contributed by atoms with Gasteiger partial charge >= 0.3 is 12.2 Å². The molecule has 3 aromatic rings. The first-order valence-corrected chi connectivity index (χ1v) is 15.2. The molecule has 2 aliphatic carbocycles. The van der Waals surface area contributed by atoms with E-state index in [0.717, 1.165) is 25.7 Å². The number of imidazole rings is 1. The summed E-state index contributed by atoms with van der Waals surface area (Å²) in [6.45, 7) is 1.17. The van der Waals surface area contributed by atoms with E-state index < -0.39 is 17.8 Å². The predicted molar refractivity (Wildman–Crippen MR) is 163 cm³/mol. The van der Waals surface area contributed by atoms with Crippen LogP contribution in [0.5, 0.6) is 0 Å². The van der Waals surface area contributed by atoms with Gasteiger partial charge in [0.05, 0.1) is 34.1 Å². The van der Waals surface area contributed by atoms with Crippen LogP contribution >= 0.6 is 11.6 Å². The van der Waals surface area contributed by atoms with E-state index in [9.17, 15) is 27.6 Å². The van der Waals surface area contributed by atoms with E-state index >= 15 is 0 Å². The van der Waals surface area contributed by atoms with Gasteiger partial charge in [0.1, 0.15) is 0 Å². The van der Waals surface area contributed by atoms with Crippen molar-refractivity contribution in [3.63, 3.8) is 0 Å². The molecule has 3 aliphatic rings. The molecule has 3 fully saturated rings. The molecule has 0 bridgehead atoms. The van der Waals surface area contributed by atoms with Crippen LogP contribution in [0.25, 0.3) is 11.3 Å². The van der Waals surface area contributed by atoms with Crippen molar-refractivity contribution in [2.75, 3.05) is 31.5 Å². The molecule has 14 nitrogen and oxygen atoms in total. The molecule has 0 spiro atoms. The Morgan fingerprint density at radius 1 is 1.11 bits per heavy atom. The summed E-state index contributed by atoms with van der Waals surface area (Å²) in [5, 5.41) is 16.4. The van der Waals surface area contributed by atoms with Crippen LogP contribution in [0.2, 0.25) is 5.02 Å². The minimum Gasteiger partial charge on any atom is -0.483 e. The van der Waals surface area contributed by atoms with Gasteiger partial charge in [-0.25, -0.2) is 9.78 Å². The second-order valence-corrected chi connectivity index (χ2v) is 11.9. The fourth-order valence-electron chi connectivity index (χ4n) is 5.47. The van der Waals surface area contributed by atoms with Gasteiger partial charge in [-0.05, 0) is 43.9 Å². The second-order valence-electron chi connectivity index (χ2n) is 11.5. The molecule has 0 unspecified atom stereocenters. The Bertz CT molecular complexity index is 1660. The van der Waals surface area contributed by atoms with E-state index in [0.29, 0.717) is 26.2 Å². The van der Waals surface area contributed by atoms with Gasteiger partial charge in [0, 0.05) is 57.2 Å². The molecule has 2 aromatic heterocycles. The average Bonchev–Trinajstić information content (AvgIpc) is 3.63. The Balaban J connectivity index is 0.00000139. The van der Waals surface area contributed by atoms with Gasteiger partial charge in [-0.1, -0.05) is 11.6 Å². The lowest BCUT2D eigenvalue weighted by Crippen LogP contribution is -2.57. The van der Waals surface area contributed by atoms with Gasteiger partial charge in [-0.2, -0.15) is 18.3 Å². The van der Waals surface area contributed by atoms with Crippen molar-refractivity contribution in [2.24, 2.45) is 12.8 Å². The van der Waals surface area contributed by atoms with Crippen molar-refractivity contribution in [3.05, 3.63) is 52.7 Å². The lowest BCUT2D eigenvalue weighted by atomic mass is 9.88. The molecule has 4 amide bonds. The van der Waals surface area contributed by atoms with Gasteiger partial charge in [-0.15, -0.1) is 0 Å². The summed E-state index contributed by atoms with van der Waals surface area (Å²) in [5.41, 5.74) is 5.19. The third-order valence-corrected chi connectivity index (χ3v) is 8.51. The number of aromatic nitrogens is 4. The van der Waals surface area contributed by atoms with Gasteiger partial charge in [0.2, 0.25) is 0 Å². The van der Waals surface area contributed by atoms with E-state index in [1.807, 2.05) is 0 Å². The Morgan fingerprint density at radius 2 is 1.74 bits per heavy atom. The average molecular weight is 680 g/mol. The van der Waals surface area contributed by atoms with Crippen molar-refractivity contribution >= 4 is 41.6 Å². The summed E-state index contributed by atoms with van der Waals surface area (Å²) in [6, 6.07) is 4.42. The van der Waals surface area contributed by atoms with E-state index in [2.05, 4.69) is 20.7 Å². The smallest absolute Gasteiger partial charge is 0.435 e. The molecule has 2 saturated carbocycles. The van der Waals surface area contributed by atoms with E-state index in [1.54, 1.807) is 9.80 Å². The highest BCUT2D eigenvalue weighted by atomic mass is 35.5. The first kappa shape index (κ1) is 33.7. The highest BCUT2D eigenvalue weighted by Gasteiger charge is 2.40. The van der Waals surface area contributed by atoms with Crippen molar-refractivity contribution in [1.29, 1.82) is 0 Å². The number of hydrogen-bond acceptors (Lipinski definition) is 7. The number of anilines is 1. The molecule has 252 valence electrons. The van der Waals surface area contributed by atoms with Crippen molar-refractivity contribution < 1.29 is 37.5 Å². The summed E-state index contributed by atoms with van der Waals surface area (Å²) in [7, 11) is 1.45. The number of benzene rings is 1. The number of carbonyl (C=O) groups is 4. The highest BCUT2D eigenvalue weighted by molar-refractivity contribution is 6.34. The Hall–Kier alpha value is -4.64. The number of piperazine rings is 1. The number of nitrogens with zero attached hydrogens (tertiary/aromatic N) is 6. The summed E-state index contributed by atoms with van der Waals surface area (Å²) in [5.74, 6) is -1.10. The van der Waals surface area contributed by atoms with Crippen LogP contribution in [-0.2, 0) is 18.0 Å². The zero-order chi connectivity index (χ0) is 34.0. The third-order valence-electron chi connectivity index (χ3n) is 8.20. The molecule has 0 atom stereocenters. The Kier molecular flexibility index (Phi) is 9.76. The van der Waals surface area contributed by atoms with Crippen molar-refractivity contribution in [1.82, 2.24) is 34.4 Å². The van der Waals surface area contributed by atoms with E-state index in [-0.39, 0.29) is 69.9 Å². The van der Waals surface area contributed by atoms with Crippen LogP contribution in [0.3, 0.4) is 0 Å². The number of amides is 4. The van der Waals surface area contributed by atoms with Crippen LogP contribution in [0, 0.1) is 0 Å². The zero-order valence-corrected chi connectivity index (χ0v) is 26.0. The SMILES string of the molecule is Cn1c(-c2cn(C3CC3)nc2C(F)(F)F)cnc1C(=O)Nc1ccc(C(=O)N2CCN(C(=O)N[C@H]3C[C@@H](N)C3)CC2)c(Cl)c1.O=CO. The molecule has 3 heterocycles. The first-order chi connectivity index (χ1) is 22.3. The maximum absolute atomic E-state index is 13.7. The lowest BCUT2D eigenvalue weighted by molar-refractivity contribution is -0.141. The van der Waals surface area contributed by atoms with Crippen LogP contribution in [0.1, 0.15) is 58.4 Å². The summed E-state index contributed by atoms with van der Waals surface area (Å²) < 4.78 is 43.8. The molecule has 0 radical (unpaired) electrons. The summed E-state index contributed by atoms with van der Waals surface area (Å²) in [6.07, 6.45) is 0.917. The van der Waals surface area contributed by atoms with E-state index in [1.165, 1.54) is 46.9 Å². The molecule has 1 aromatic carbocycles. The van der Waals surface area contributed by atoms with Gasteiger partial charge in [0.15, 0.2) is 11.5 Å². The van der Waals surface area contributed by atoms with Crippen molar-refractivity contribution in [3.8, 4) is 11.3 Å². The number of rotatable bonds is 6. The van der Waals surface area contributed by atoms with Gasteiger partial charge < -0.3 is 35.8 Å². The molecule has 47 heavy (non-hydrogen) atoms. The maximum Gasteiger partial charge on any atom is 0.435 e. The second kappa shape index (κ2) is 13.6. The molecule has 6 rings (SSSR count). The van der Waals surface area contributed by atoms with Crippen molar-refractivity contribution in [2.45, 2.75) is 50.0 Å². The largest absolute Gasteiger partial charge is 0.483 e. The quantitative estimate of drug-likeness (QED) is 0.287. The number of nitrogens with two attached hydrogens (primary N) is 1. The lowest BCUT2D eigenvalue weighted by Gasteiger charge is -2.38. The fraction of sp³-hybridized carbons (Fsp3) is 0.448. The van der Waals surface area contributed by atoms with E-state index in [4.69, 9.17) is 27.2 Å². The molecule has 18 heteroatoms. The molecule has 1 aliphatic heterocycles. The Morgan fingerprint density at radius 3 is 2.32 bits per heavy atom. The predicted octanol–water partition coefficient (Wildman–Crippen LogP) is 3.20. The molecule has 5 N–H and O–H groups in total. The third kappa shape index (κ3) is 7.51. The van der Waals surface area contributed by atoms with Gasteiger partial charge in [0.25, 0.3) is 18.3 Å². The summed E-state index contributed by atoms with van der Waals surface area (Å²) >= 11 is 6.43.